The molecule has 0 amide bonds. The normalized spacial score (nSPS) is 12.3. The number of thioether (sulfide) groups is 1. The minimum atomic E-state index is -1.03. The Bertz CT molecular complexity index is 914. The average Bonchev–Trinajstić information content (AvgIpc) is 3.04. The van der Waals surface area contributed by atoms with Crippen LogP contribution in [0.2, 0.25) is 5.02 Å². The molecule has 2 aromatic carbocycles. The molecule has 0 bridgehead atoms. The van der Waals surface area contributed by atoms with Gasteiger partial charge in [-0.1, -0.05) is 63.6 Å². The van der Waals surface area contributed by atoms with Gasteiger partial charge in [-0.15, -0.1) is 10.2 Å². The Labute approximate surface area is 179 Å². The lowest BCUT2D eigenvalue weighted by molar-refractivity contribution is 0.650. The fraction of sp³-hybridized carbons (Fsp3) is 0.263. The van der Waals surface area contributed by atoms with Gasteiger partial charge in [-0.25, -0.2) is 0 Å². The van der Waals surface area contributed by atoms with Gasteiger partial charge >= 0.3 is 0 Å². The van der Waals surface area contributed by atoms with Crippen LogP contribution in [0.1, 0.15) is 23.9 Å². The highest BCUT2D eigenvalue weighted by molar-refractivity contribution is 9.10. The van der Waals surface area contributed by atoms with E-state index in [2.05, 4.69) is 33.1 Å². The van der Waals surface area contributed by atoms with E-state index in [1.54, 1.807) is 11.8 Å². The summed E-state index contributed by atoms with van der Waals surface area (Å²) < 4.78 is 15.6. The Hall–Kier alpha value is -1.15. The molecule has 0 fully saturated rings. The van der Waals surface area contributed by atoms with Crippen molar-refractivity contribution >= 4 is 50.1 Å². The third kappa shape index (κ3) is 5.91. The molecule has 0 aliphatic rings. The molecule has 0 saturated heterocycles. The van der Waals surface area contributed by atoms with Crippen LogP contribution in [0.25, 0.3) is 0 Å². The molecule has 3 aromatic rings. The van der Waals surface area contributed by atoms with Gasteiger partial charge in [0.25, 0.3) is 0 Å². The summed E-state index contributed by atoms with van der Waals surface area (Å²) in [5, 5.41) is 10.2. The van der Waals surface area contributed by atoms with Gasteiger partial charge in [0.15, 0.2) is 5.16 Å². The first-order valence-corrected chi connectivity index (χ1v) is 12.1. The predicted octanol–water partition coefficient (Wildman–Crippen LogP) is 5.46. The second-order valence-electron chi connectivity index (χ2n) is 5.91. The maximum atomic E-state index is 12.6. The fourth-order valence-corrected chi connectivity index (χ4v) is 5.08. The summed E-state index contributed by atoms with van der Waals surface area (Å²) in [6, 6.07) is 15.7. The van der Waals surface area contributed by atoms with E-state index in [1.807, 2.05) is 53.1 Å². The van der Waals surface area contributed by atoms with E-state index in [-0.39, 0.29) is 0 Å². The van der Waals surface area contributed by atoms with E-state index >= 15 is 0 Å². The van der Waals surface area contributed by atoms with Crippen molar-refractivity contribution < 1.29 is 4.21 Å². The first kappa shape index (κ1) is 20.6. The topological polar surface area (TPSA) is 47.8 Å². The van der Waals surface area contributed by atoms with Crippen molar-refractivity contribution in [2.75, 3.05) is 0 Å². The summed E-state index contributed by atoms with van der Waals surface area (Å²) in [6.07, 6.45) is 0. The van der Waals surface area contributed by atoms with Gasteiger partial charge in [0.05, 0.1) is 5.75 Å². The molecule has 0 aliphatic heterocycles. The summed E-state index contributed by atoms with van der Waals surface area (Å²) in [5.74, 6) is 2.47. The quantitative estimate of drug-likeness (QED) is 0.399. The van der Waals surface area contributed by atoms with Crippen LogP contribution >= 0.6 is 39.3 Å². The second kappa shape index (κ2) is 9.87. The van der Waals surface area contributed by atoms with Crippen LogP contribution in [-0.2, 0) is 34.6 Å². The summed E-state index contributed by atoms with van der Waals surface area (Å²) >= 11 is 11.0. The van der Waals surface area contributed by atoms with Gasteiger partial charge in [-0.2, -0.15) is 0 Å². The summed E-state index contributed by atoms with van der Waals surface area (Å²) in [5.41, 5.74) is 2.23. The zero-order valence-corrected chi connectivity index (χ0v) is 18.7. The molecule has 0 radical (unpaired) electrons. The molecule has 0 aliphatic carbocycles. The number of hydrogen-bond acceptors (Lipinski definition) is 4. The molecule has 4 nitrogen and oxygen atoms in total. The lowest BCUT2D eigenvalue weighted by Crippen LogP contribution is -2.08. The highest BCUT2D eigenvalue weighted by Gasteiger charge is 2.14. The lowest BCUT2D eigenvalue weighted by Gasteiger charge is -2.08. The third-order valence-electron chi connectivity index (χ3n) is 3.92. The van der Waals surface area contributed by atoms with E-state index in [1.165, 1.54) is 5.56 Å². The number of aromatic nitrogens is 3. The van der Waals surface area contributed by atoms with E-state index in [0.717, 1.165) is 38.3 Å². The molecule has 1 heterocycles. The SMILES string of the molecule is CCn1c(CS(=O)Cc2ccc(Br)cc2)nnc1SCc1ccc(Cl)cc1. The van der Waals surface area contributed by atoms with E-state index in [4.69, 9.17) is 11.6 Å². The monoisotopic (exact) mass is 483 g/mol. The van der Waals surface area contributed by atoms with Gasteiger partial charge in [0.1, 0.15) is 5.82 Å². The van der Waals surface area contributed by atoms with Crippen molar-refractivity contribution in [3.8, 4) is 0 Å². The highest BCUT2D eigenvalue weighted by atomic mass is 79.9. The first-order chi connectivity index (χ1) is 13.0. The second-order valence-corrected chi connectivity index (χ2v) is 9.66. The molecular weight excluding hydrogens is 466 g/mol. The lowest BCUT2D eigenvalue weighted by atomic mass is 10.2. The smallest absolute Gasteiger partial charge is 0.191 e. The zero-order valence-electron chi connectivity index (χ0n) is 14.8. The number of benzene rings is 2. The van der Waals surface area contributed by atoms with Gasteiger partial charge in [0.2, 0.25) is 0 Å². The Balaban J connectivity index is 1.63. The Morgan fingerprint density at radius 3 is 2.37 bits per heavy atom. The minimum absolute atomic E-state index is 0.401. The molecule has 1 unspecified atom stereocenters. The first-order valence-electron chi connectivity index (χ1n) is 8.44. The molecule has 0 saturated carbocycles. The van der Waals surface area contributed by atoms with Crippen molar-refractivity contribution in [2.45, 2.75) is 35.9 Å². The van der Waals surface area contributed by atoms with Crippen LogP contribution in [0.5, 0.6) is 0 Å². The Morgan fingerprint density at radius 1 is 1.04 bits per heavy atom. The minimum Gasteiger partial charge on any atom is -0.306 e. The van der Waals surface area contributed by atoms with Crippen molar-refractivity contribution in [2.24, 2.45) is 0 Å². The van der Waals surface area contributed by atoms with E-state index in [0.29, 0.717) is 11.5 Å². The van der Waals surface area contributed by atoms with Gasteiger partial charge in [0, 0.05) is 38.3 Å². The average molecular weight is 485 g/mol. The molecule has 1 aromatic heterocycles. The maximum Gasteiger partial charge on any atom is 0.191 e. The Morgan fingerprint density at radius 2 is 1.70 bits per heavy atom. The van der Waals surface area contributed by atoms with Gasteiger partial charge < -0.3 is 4.57 Å². The van der Waals surface area contributed by atoms with Crippen molar-refractivity contribution in [1.82, 2.24) is 14.8 Å². The van der Waals surface area contributed by atoms with Crippen LogP contribution in [0, 0.1) is 0 Å². The standard InChI is InChI=1S/C19H19BrClN3OS2/c1-2-24-18(13-27(25)12-15-3-7-16(20)8-4-15)22-23-19(24)26-11-14-5-9-17(21)10-6-14/h3-10H,2,11-13H2,1H3. The third-order valence-corrected chi connectivity index (χ3v) is 6.98. The molecule has 142 valence electrons. The fourth-order valence-electron chi connectivity index (χ4n) is 2.54. The number of hydrogen-bond donors (Lipinski definition) is 0. The van der Waals surface area contributed by atoms with Crippen molar-refractivity contribution in [3.63, 3.8) is 0 Å². The number of halogens is 2. The van der Waals surface area contributed by atoms with Crippen LogP contribution in [0.4, 0.5) is 0 Å². The van der Waals surface area contributed by atoms with Crippen LogP contribution in [0.3, 0.4) is 0 Å². The maximum absolute atomic E-state index is 12.6. The van der Waals surface area contributed by atoms with E-state index < -0.39 is 10.8 Å². The summed E-state index contributed by atoms with van der Waals surface area (Å²) in [7, 11) is -1.03. The Kier molecular flexibility index (Phi) is 7.52. The highest BCUT2D eigenvalue weighted by Crippen LogP contribution is 2.23. The van der Waals surface area contributed by atoms with Crippen LogP contribution in [0.15, 0.2) is 58.2 Å². The zero-order chi connectivity index (χ0) is 19.2. The molecule has 1 atom stereocenters. The number of nitrogens with zero attached hydrogens (tertiary/aromatic N) is 3. The molecular formula is C19H19BrClN3OS2. The number of rotatable bonds is 8. The van der Waals surface area contributed by atoms with Crippen LogP contribution in [-0.4, -0.2) is 19.0 Å². The van der Waals surface area contributed by atoms with Crippen LogP contribution < -0.4 is 0 Å². The largest absolute Gasteiger partial charge is 0.306 e. The van der Waals surface area contributed by atoms with E-state index in [9.17, 15) is 4.21 Å². The predicted molar refractivity (Wildman–Crippen MR) is 116 cm³/mol. The van der Waals surface area contributed by atoms with Crippen molar-refractivity contribution in [3.05, 3.63) is 75.0 Å². The van der Waals surface area contributed by atoms with Gasteiger partial charge in [-0.05, 0) is 42.3 Å². The van der Waals surface area contributed by atoms with Crippen molar-refractivity contribution in [1.29, 1.82) is 0 Å². The van der Waals surface area contributed by atoms with Gasteiger partial charge in [-0.3, -0.25) is 4.21 Å². The molecule has 0 N–H and O–H groups in total. The molecule has 8 heteroatoms. The molecule has 27 heavy (non-hydrogen) atoms. The molecule has 0 spiro atoms. The summed E-state index contributed by atoms with van der Waals surface area (Å²) in [6.45, 7) is 2.80. The molecule has 3 rings (SSSR count). The summed E-state index contributed by atoms with van der Waals surface area (Å²) in [4.78, 5) is 0.